The molecule has 0 unspecified atom stereocenters. The summed E-state index contributed by atoms with van der Waals surface area (Å²) in [4.78, 5) is 22.1. The van der Waals surface area contributed by atoms with Crippen molar-refractivity contribution in [3.63, 3.8) is 0 Å². The predicted octanol–water partition coefficient (Wildman–Crippen LogP) is 0.443. The van der Waals surface area contributed by atoms with E-state index in [1.165, 1.54) is 6.07 Å². The van der Waals surface area contributed by atoms with E-state index >= 15 is 0 Å². The fourth-order valence-electron chi connectivity index (χ4n) is 1.60. The van der Waals surface area contributed by atoms with E-state index in [0.29, 0.717) is 0 Å². The van der Waals surface area contributed by atoms with Gasteiger partial charge in [0.15, 0.2) is 16.5 Å². The van der Waals surface area contributed by atoms with Crippen molar-refractivity contribution in [3.8, 4) is 5.75 Å². The lowest BCUT2D eigenvalue weighted by molar-refractivity contribution is -0.121. The molecule has 1 N–H and O–H groups in total. The van der Waals surface area contributed by atoms with Crippen LogP contribution < -0.4 is 10.1 Å². The third-order valence-corrected chi connectivity index (χ3v) is 4.21. The van der Waals surface area contributed by atoms with Crippen molar-refractivity contribution in [2.24, 2.45) is 0 Å². The highest BCUT2D eigenvalue weighted by molar-refractivity contribution is 7.75. The Bertz CT molecular complexity index is 601. The number of hydrogen-bond donors (Lipinski definition) is 2. The summed E-state index contributed by atoms with van der Waals surface area (Å²) in [5.74, 6) is -1.53. The number of rotatable bonds is 5. The van der Waals surface area contributed by atoms with Crippen LogP contribution in [0.5, 0.6) is 5.75 Å². The zero-order chi connectivity index (χ0) is 14.0. The second-order valence-electron chi connectivity index (χ2n) is 4.10. The van der Waals surface area contributed by atoms with Crippen LogP contribution in [0.4, 0.5) is 10.1 Å². The number of anilines is 1. The zero-order valence-electron chi connectivity index (χ0n) is 9.59. The molecule has 1 aliphatic carbocycles. The summed E-state index contributed by atoms with van der Waals surface area (Å²) in [5.41, 5.74) is 0.0432. The van der Waals surface area contributed by atoms with E-state index in [9.17, 15) is 22.4 Å². The molecule has 0 atom stereocenters. The number of ether oxygens (including phenoxy) is 1. The van der Waals surface area contributed by atoms with Crippen LogP contribution in [-0.2, 0) is 20.3 Å². The van der Waals surface area contributed by atoms with Gasteiger partial charge in [-0.2, -0.15) is 0 Å². The Labute approximate surface area is 109 Å². The van der Waals surface area contributed by atoms with E-state index in [4.69, 9.17) is 0 Å². The molecule has 0 saturated heterocycles. The van der Waals surface area contributed by atoms with E-state index in [1.54, 1.807) is 0 Å². The van der Waals surface area contributed by atoms with Crippen molar-refractivity contribution in [1.82, 2.24) is 0 Å². The number of benzene rings is 1. The Balaban J connectivity index is 2.24. The minimum Gasteiger partial charge on any atom is -0.426 e. The summed E-state index contributed by atoms with van der Waals surface area (Å²) >= 11 is 0. The number of carbonyl (C=O) groups excluding carboxylic acids is 2. The van der Waals surface area contributed by atoms with Gasteiger partial charge in [-0.3, -0.25) is 9.59 Å². The van der Waals surface area contributed by atoms with Crippen LogP contribution in [0.25, 0.3) is 0 Å². The first-order chi connectivity index (χ1) is 8.99. The van der Waals surface area contributed by atoms with E-state index in [2.05, 4.69) is 10.1 Å². The second kappa shape index (κ2) is 4.96. The van der Waals surface area contributed by atoms with Crippen molar-refractivity contribution in [3.05, 3.63) is 24.0 Å². The van der Waals surface area contributed by atoms with Crippen LogP contribution in [0.3, 0.4) is 0 Å². The van der Waals surface area contributed by atoms with Crippen LogP contribution in [0.2, 0.25) is 0 Å². The van der Waals surface area contributed by atoms with Gasteiger partial charge in [-0.05, 0) is 25.0 Å². The zero-order valence-corrected chi connectivity index (χ0v) is 10.5. The SMILES string of the molecule is O=COc1cc(F)ccc1NC(=O)C1([SH](=O)=O)CC1. The molecule has 1 saturated carbocycles. The summed E-state index contributed by atoms with van der Waals surface area (Å²) in [5, 5.41) is 2.33. The Morgan fingerprint density at radius 3 is 2.63 bits per heavy atom. The normalized spacial score (nSPS) is 15.9. The fraction of sp³-hybridized carbons (Fsp3) is 0.273. The van der Waals surface area contributed by atoms with Crippen LogP contribution in [0.1, 0.15) is 12.8 Å². The molecule has 1 aliphatic rings. The number of carbonyl (C=O) groups is 2. The van der Waals surface area contributed by atoms with Gasteiger partial charge in [-0.25, -0.2) is 12.8 Å². The molecule has 1 fully saturated rings. The molecular formula is C11H10FNO5S. The Morgan fingerprint density at radius 1 is 1.42 bits per heavy atom. The quantitative estimate of drug-likeness (QED) is 0.606. The van der Waals surface area contributed by atoms with Crippen LogP contribution >= 0.6 is 0 Å². The molecule has 19 heavy (non-hydrogen) atoms. The monoisotopic (exact) mass is 287 g/mol. The number of hydrogen-bond acceptors (Lipinski definition) is 5. The van der Waals surface area contributed by atoms with Crippen molar-refractivity contribution in [2.75, 3.05) is 5.32 Å². The summed E-state index contributed by atoms with van der Waals surface area (Å²) in [6.07, 6.45) is 0.505. The molecule has 0 heterocycles. The number of halogens is 1. The molecule has 1 aromatic rings. The standard InChI is InChI=1S/C11H10FNO5S/c12-7-1-2-8(9(5-7)18-6-14)13-10(15)11(3-4-11)19(16)17/h1-2,5-6,19H,3-4H2,(H,13,15). The largest absolute Gasteiger partial charge is 0.426 e. The smallest absolute Gasteiger partial charge is 0.298 e. The first-order valence-corrected chi connectivity index (χ1v) is 6.53. The topological polar surface area (TPSA) is 89.5 Å². The van der Waals surface area contributed by atoms with Gasteiger partial charge in [-0.15, -0.1) is 0 Å². The second-order valence-corrected chi connectivity index (χ2v) is 5.47. The maximum Gasteiger partial charge on any atom is 0.298 e. The van der Waals surface area contributed by atoms with E-state index in [1.807, 2.05) is 0 Å². The Hall–Kier alpha value is -1.96. The number of thiol groups is 1. The lowest BCUT2D eigenvalue weighted by Gasteiger charge is -2.12. The first kappa shape index (κ1) is 13.5. The van der Waals surface area contributed by atoms with Gasteiger partial charge >= 0.3 is 0 Å². The molecule has 6 nitrogen and oxygen atoms in total. The summed E-state index contributed by atoms with van der Waals surface area (Å²) in [6.45, 7) is 0.0887. The molecule has 0 radical (unpaired) electrons. The molecule has 2 rings (SSSR count). The van der Waals surface area contributed by atoms with E-state index in [0.717, 1.165) is 12.1 Å². The van der Waals surface area contributed by atoms with Gasteiger partial charge in [0, 0.05) is 6.07 Å². The highest BCUT2D eigenvalue weighted by Gasteiger charge is 2.54. The van der Waals surface area contributed by atoms with Gasteiger partial charge in [0.05, 0.1) is 5.69 Å². The van der Waals surface area contributed by atoms with Crippen molar-refractivity contribution >= 4 is 28.8 Å². The van der Waals surface area contributed by atoms with E-state index in [-0.39, 0.29) is 30.8 Å². The Kier molecular flexibility index (Phi) is 3.52. The molecule has 0 aliphatic heterocycles. The molecule has 0 spiro atoms. The fourth-order valence-corrected chi connectivity index (χ4v) is 2.30. The van der Waals surface area contributed by atoms with Gasteiger partial charge in [0.1, 0.15) is 10.6 Å². The molecule has 1 aromatic carbocycles. The molecule has 0 aromatic heterocycles. The van der Waals surface area contributed by atoms with Crippen LogP contribution in [0, 0.1) is 5.82 Å². The van der Waals surface area contributed by atoms with Crippen LogP contribution in [-0.4, -0.2) is 25.5 Å². The minimum absolute atomic E-state index is 0.0432. The van der Waals surface area contributed by atoms with Crippen molar-refractivity contribution in [2.45, 2.75) is 17.6 Å². The highest BCUT2D eigenvalue weighted by atomic mass is 32.2. The molecular weight excluding hydrogens is 277 g/mol. The molecule has 102 valence electrons. The highest BCUT2D eigenvalue weighted by Crippen LogP contribution is 2.40. The average Bonchev–Trinajstić information content (AvgIpc) is 3.14. The van der Waals surface area contributed by atoms with Gasteiger partial charge in [-0.1, -0.05) is 0 Å². The summed E-state index contributed by atoms with van der Waals surface area (Å²) in [6, 6.07) is 3.17. The maximum atomic E-state index is 13.0. The molecule has 8 heteroatoms. The van der Waals surface area contributed by atoms with Crippen LogP contribution in [0.15, 0.2) is 18.2 Å². The van der Waals surface area contributed by atoms with Crippen molar-refractivity contribution in [1.29, 1.82) is 0 Å². The van der Waals surface area contributed by atoms with Crippen molar-refractivity contribution < 1.29 is 27.1 Å². The predicted molar refractivity (Wildman–Crippen MR) is 64.0 cm³/mol. The summed E-state index contributed by atoms with van der Waals surface area (Å²) < 4.78 is 38.1. The average molecular weight is 287 g/mol. The molecule has 0 bridgehead atoms. The van der Waals surface area contributed by atoms with Gasteiger partial charge < -0.3 is 10.1 Å². The maximum absolute atomic E-state index is 13.0. The van der Waals surface area contributed by atoms with Gasteiger partial charge in [0.2, 0.25) is 5.91 Å². The third-order valence-electron chi connectivity index (χ3n) is 2.86. The lowest BCUT2D eigenvalue weighted by atomic mass is 10.2. The summed E-state index contributed by atoms with van der Waals surface area (Å²) in [7, 11) is -2.89. The first-order valence-electron chi connectivity index (χ1n) is 5.35. The number of amides is 1. The number of nitrogens with one attached hydrogen (secondary N) is 1. The lowest BCUT2D eigenvalue weighted by Crippen LogP contribution is -2.31. The van der Waals surface area contributed by atoms with E-state index < -0.39 is 27.2 Å². The van der Waals surface area contributed by atoms with Gasteiger partial charge in [0.25, 0.3) is 6.47 Å². The molecule has 1 amide bonds. The third kappa shape index (κ3) is 2.58. The Morgan fingerprint density at radius 2 is 2.11 bits per heavy atom. The minimum atomic E-state index is -2.89.